The first kappa shape index (κ1) is 13.0. The molecule has 0 aromatic carbocycles. The van der Waals surface area contributed by atoms with E-state index in [4.69, 9.17) is 0 Å². The van der Waals surface area contributed by atoms with Gasteiger partial charge in [-0.1, -0.05) is 0 Å². The molecule has 4 aliphatic rings. The summed E-state index contributed by atoms with van der Waals surface area (Å²) >= 11 is 0. The van der Waals surface area contributed by atoms with Crippen LogP contribution in [0.15, 0.2) is 0 Å². The van der Waals surface area contributed by atoms with Crippen LogP contribution in [0.4, 0.5) is 0 Å². The Kier molecular flexibility index (Phi) is 3.25. The standard InChI is InChI=1S/C17H31N/c1-16(2,3)18-6-4-5-17-10-13-7-14(11-17)9-15(8-13)12-17/h13-15,18H,4-12H2,1-3H3. The molecule has 0 heterocycles. The average molecular weight is 249 g/mol. The smallest absolute Gasteiger partial charge is 0.00965 e. The van der Waals surface area contributed by atoms with Crippen molar-refractivity contribution in [1.82, 2.24) is 5.32 Å². The van der Waals surface area contributed by atoms with Crippen LogP contribution in [0, 0.1) is 23.2 Å². The van der Waals surface area contributed by atoms with Crippen LogP contribution in [0.3, 0.4) is 0 Å². The maximum absolute atomic E-state index is 3.65. The first-order chi connectivity index (χ1) is 8.44. The second-order valence-corrected chi connectivity index (χ2v) is 8.70. The lowest BCUT2D eigenvalue weighted by Crippen LogP contribution is -2.46. The highest BCUT2D eigenvalue weighted by Crippen LogP contribution is 2.61. The van der Waals surface area contributed by atoms with Crippen LogP contribution in [-0.4, -0.2) is 12.1 Å². The Hall–Kier alpha value is -0.0400. The Labute approximate surface area is 113 Å². The van der Waals surface area contributed by atoms with Gasteiger partial charge in [0.2, 0.25) is 0 Å². The fraction of sp³-hybridized carbons (Fsp3) is 1.00. The van der Waals surface area contributed by atoms with Crippen molar-refractivity contribution < 1.29 is 0 Å². The van der Waals surface area contributed by atoms with Crippen LogP contribution in [0.5, 0.6) is 0 Å². The molecule has 18 heavy (non-hydrogen) atoms. The van der Waals surface area contributed by atoms with Crippen molar-refractivity contribution in [2.75, 3.05) is 6.54 Å². The molecule has 0 atom stereocenters. The van der Waals surface area contributed by atoms with E-state index in [0.29, 0.717) is 5.54 Å². The molecule has 0 spiro atoms. The maximum Gasteiger partial charge on any atom is 0.00965 e. The summed E-state index contributed by atoms with van der Waals surface area (Å²) < 4.78 is 0. The van der Waals surface area contributed by atoms with Crippen LogP contribution < -0.4 is 5.32 Å². The van der Waals surface area contributed by atoms with Gasteiger partial charge in [-0.3, -0.25) is 0 Å². The first-order valence-corrected chi connectivity index (χ1v) is 8.19. The van der Waals surface area contributed by atoms with E-state index in [9.17, 15) is 0 Å². The third-order valence-corrected chi connectivity index (χ3v) is 5.70. The zero-order valence-corrected chi connectivity index (χ0v) is 12.6. The summed E-state index contributed by atoms with van der Waals surface area (Å²) in [6.45, 7) is 8.04. The Morgan fingerprint density at radius 2 is 1.44 bits per heavy atom. The zero-order chi connectivity index (χ0) is 12.8. The molecular weight excluding hydrogens is 218 g/mol. The molecule has 1 heteroatoms. The molecule has 0 aliphatic heterocycles. The van der Waals surface area contributed by atoms with Gasteiger partial charge in [0.25, 0.3) is 0 Å². The minimum atomic E-state index is 0.293. The molecule has 0 aromatic rings. The van der Waals surface area contributed by atoms with Crippen molar-refractivity contribution in [2.24, 2.45) is 23.2 Å². The second kappa shape index (κ2) is 4.51. The van der Waals surface area contributed by atoms with Crippen LogP contribution in [-0.2, 0) is 0 Å². The fourth-order valence-electron chi connectivity index (χ4n) is 5.52. The summed E-state index contributed by atoms with van der Waals surface area (Å²) in [7, 11) is 0. The van der Waals surface area contributed by atoms with E-state index in [1.54, 1.807) is 38.5 Å². The van der Waals surface area contributed by atoms with E-state index in [-0.39, 0.29) is 0 Å². The Bertz CT molecular complexity index is 264. The van der Waals surface area contributed by atoms with Crippen molar-refractivity contribution in [3.63, 3.8) is 0 Å². The SMILES string of the molecule is CC(C)(C)NCCCC12CC3CC(CC(C3)C1)C2. The Morgan fingerprint density at radius 1 is 0.944 bits per heavy atom. The van der Waals surface area contributed by atoms with Gasteiger partial charge in [0.05, 0.1) is 0 Å². The topological polar surface area (TPSA) is 12.0 Å². The minimum Gasteiger partial charge on any atom is -0.312 e. The normalized spacial score (nSPS) is 42.5. The minimum absolute atomic E-state index is 0.293. The second-order valence-electron chi connectivity index (χ2n) is 8.70. The van der Waals surface area contributed by atoms with Crippen molar-refractivity contribution in [1.29, 1.82) is 0 Å². The molecule has 1 N–H and O–H groups in total. The van der Waals surface area contributed by atoms with Gasteiger partial charge in [-0.25, -0.2) is 0 Å². The Morgan fingerprint density at radius 3 is 1.89 bits per heavy atom. The van der Waals surface area contributed by atoms with Crippen molar-refractivity contribution in [2.45, 2.75) is 77.7 Å². The van der Waals surface area contributed by atoms with Crippen LogP contribution in [0.25, 0.3) is 0 Å². The summed E-state index contributed by atoms with van der Waals surface area (Å²) in [5, 5.41) is 3.65. The van der Waals surface area contributed by atoms with E-state index < -0.39 is 0 Å². The molecule has 0 aromatic heterocycles. The van der Waals surface area contributed by atoms with Crippen LogP contribution >= 0.6 is 0 Å². The fourth-order valence-corrected chi connectivity index (χ4v) is 5.52. The highest BCUT2D eigenvalue weighted by Gasteiger charge is 2.50. The van der Waals surface area contributed by atoms with Gasteiger partial charge in [0.1, 0.15) is 0 Å². The molecule has 0 radical (unpaired) electrons. The quantitative estimate of drug-likeness (QED) is 0.729. The van der Waals surface area contributed by atoms with Crippen molar-refractivity contribution >= 4 is 0 Å². The predicted octanol–water partition coefficient (Wildman–Crippen LogP) is 4.37. The summed E-state index contributed by atoms with van der Waals surface area (Å²) in [5.74, 6) is 3.35. The first-order valence-electron chi connectivity index (χ1n) is 8.19. The molecule has 4 aliphatic carbocycles. The van der Waals surface area contributed by atoms with Gasteiger partial charge >= 0.3 is 0 Å². The van der Waals surface area contributed by atoms with Gasteiger partial charge < -0.3 is 5.32 Å². The molecule has 1 nitrogen and oxygen atoms in total. The molecule has 0 saturated heterocycles. The number of rotatable bonds is 4. The van der Waals surface area contributed by atoms with Gasteiger partial charge in [0.15, 0.2) is 0 Å². The molecule has 0 unspecified atom stereocenters. The third-order valence-electron chi connectivity index (χ3n) is 5.70. The van der Waals surface area contributed by atoms with Gasteiger partial charge in [-0.15, -0.1) is 0 Å². The molecule has 0 amide bonds. The van der Waals surface area contributed by atoms with E-state index in [1.165, 1.54) is 19.4 Å². The molecule has 4 rings (SSSR count). The maximum atomic E-state index is 3.65. The highest BCUT2D eigenvalue weighted by atomic mass is 14.9. The Balaban J connectivity index is 1.50. The lowest BCUT2D eigenvalue weighted by Gasteiger charge is -2.57. The van der Waals surface area contributed by atoms with Crippen LogP contribution in [0.1, 0.15) is 72.1 Å². The highest BCUT2D eigenvalue weighted by molar-refractivity contribution is 5.01. The summed E-state index contributed by atoms with van der Waals surface area (Å²) in [4.78, 5) is 0. The van der Waals surface area contributed by atoms with Gasteiger partial charge in [-0.2, -0.15) is 0 Å². The summed E-state index contributed by atoms with van der Waals surface area (Å²) in [6, 6.07) is 0. The lowest BCUT2D eigenvalue weighted by atomic mass is 9.48. The molecule has 4 saturated carbocycles. The zero-order valence-electron chi connectivity index (χ0n) is 12.6. The number of hydrogen-bond acceptors (Lipinski definition) is 1. The van der Waals surface area contributed by atoms with Crippen molar-refractivity contribution in [3.8, 4) is 0 Å². The average Bonchev–Trinajstić information content (AvgIpc) is 2.21. The van der Waals surface area contributed by atoms with Crippen molar-refractivity contribution in [3.05, 3.63) is 0 Å². The molecule has 4 bridgehead atoms. The number of nitrogens with one attached hydrogen (secondary N) is 1. The van der Waals surface area contributed by atoms with E-state index in [1.807, 2.05) is 0 Å². The third kappa shape index (κ3) is 2.76. The summed E-state index contributed by atoms with van der Waals surface area (Å²) in [5.41, 5.74) is 1.08. The van der Waals surface area contributed by atoms with Gasteiger partial charge in [0, 0.05) is 5.54 Å². The van der Waals surface area contributed by atoms with Crippen LogP contribution in [0.2, 0.25) is 0 Å². The number of hydrogen-bond donors (Lipinski definition) is 1. The summed E-state index contributed by atoms with van der Waals surface area (Å²) in [6.07, 6.45) is 12.4. The molecule has 4 fully saturated rings. The van der Waals surface area contributed by atoms with Gasteiger partial charge in [-0.05, 0) is 102 Å². The van der Waals surface area contributed by atoms with E-state index in [2.05, 4.69) is 26.1 Å². The molecular formula is C17H31N. The van der Waals surface area contributed by atoms with E-state index in [0.717, 1.165) is 23.2 Å². The lowest BCUT2D eigenvalue weighted by molar-refractivity contribution is -0.0581. The largest absolute Gasteiger partial charge is 0.312 e. The van der Waals surface area contributed by atoms with E-state index >= 15 is 0 Å². The predicted molar refractivity (Wildman–Crippen MR) is 77.6 cm³/mol. The monoisotopic (exact) mass is 249 g/mol. The molecule has 104 valence electrons.